The first-order chi connectivity index (χ1) is 12.0. The van der Waals surface area contributed by atoms with Crippen molar-refractivity contribution in [2.24, 2.45) is 0 Å². The van der Waals surface area contributed by atoms with Crippen LogP contribution in [0.15, 0.2) is 42.5 Å². The third-order valence-electron chi connectivity index (χ3n) is 3.44. The van der Waals surface area contributed by atoms with Crippen LogP contribution >= 0.6 is 0 Å². The van der Waals surface area contributed by atoms with Crippen LogP contribution in [-0.2, 0) is 9.53 Å². The predicted molar refractivity (Wildman–Crippen MR) is 94.3 cm³/mol. The number of nitrogens with one attached hydrogen (secondary N) is 1. The molecule has 2 aromatic carbocycles. The predicted octanol–water partition coefficient (Wildman–Crippen LogP) is 3.20. The summed E-state index contributed by atoms with van der Waals surface area (Å²) in [4.78, 5) is 23.8. The Labute approximate surface area is 146 Å². The van der Waals surface area contributed by atoms with E-state index in [0.29, 0.717) is 29.4 Å². The van der Waals surface area contributed by atoms with Gasteiger partial charge < -0.3 is 19.5 Å². The van der Waals surface area contributed by atoms with E-state index in [1.54, 1.807) is 50.2 Å². The van der Waals surface area contributed by atoms with Gasteiger partial charge >= 0.3 is 5.97 Å². The zero-order valence-electron chi connectivity index (χ0n) is 14.5. The Morgan fingerprint density at radius 2 is 1.80 bits per heavy atom. The van der Waals surface area contributed by atoms with Crippen molar-refractivity contribution < 1.29 is 23.8 Å². The third kappa shape index (κ3) is 4.97. The van der Waals surface area contributed by atoms with Crippen molar-refractivity contribution in [1.29, 1.82) is 0 Å². The van der Waals surface area contributed by atoms with E-state index in [2.05, 4.69) is 5.32 Å². The molecule has 2 aromatic rings. The normalized spacial score (nSPS) is 10.0. The van der Waals surface area contributed by atoms with Crippen LogP contribution in [0.1, 0.15) is 22.8 Å². The lowest BCUT2D eigenvalue weighted by molar-refractivity contribution is -0.118. The first-order valence-electron chi connectivity index (χ1n) is 7.88. The summed E-state index contributed by atoms with van der Waals surface area (Å²) in [6.07, 6.45) is 0. The summed E-state index contributed by atoms with van der Waals surface area (Å²) >= 11 is 0. The molecule has 0 aliphatic heterocycles. The molecule has 0 aliphatic carbocycles. The molecule has 0 saturated carbocycles. The van der Waals surface area contributed by atoms with E-state index in [0.717, 1.165) is 5.56 Å². The van der Waals surface area contributed by atoms with Gasteiger partial charge in [-0.15, -0.1) is 0 Å². The number of carbonyl (C=O) groups excluding carboxylic acids is 2. The molecule has 25 heavy (non-hydrogen) atoms. The van der Waals surface area contributed by atoms with Gasteiger partial charge in [-0.05, 0) is 49.7 Å². The van der Waals surface area contributed by atoms with Crippen LogP contribution < -0.4 is 14.8 Å². The number of esters is 1. The number of methoxy groups -OCH3 is 1. The van der Waals surface area contributed by atoms with Gasteiger partial charge in [0, 0.05) is 5.69 Å². The zero-order chi connectivity index (χ0) is 18.2. The zero-order valence-corrected chi connectivity index (χ0v) is 14.5. The van der Waals surface area contributed by atoms with E-state index in [4.69, 9.17) is 14.2 Å². The Balaban J connectivity index is 1.97. The molecule has 0 unspecified atom stereocenters. The number of hydrogen-bond donors (Lipinski definition) is 1. The van der Waals surface area contributed by atoms with Crippen LogP contribution in [0.2, 0.25) is 0 Å². The highest BCUT2D eigenvalue weighted by Crippen LogP contribution is 2.25. The molecule has 1 N–H and O–H groups in total. The van der Waals surface area contributed by atoms with Crippen molar-refractivity contribution in [1.82, 2.24) is 0 Å². The van der Waals surface area contributed by atoms with E-state index < -0.39 is 0 Å². The number of carbonyl (C=O) groups is 2. The number of amides is 1. The highest BCUT2D eigenvalue weighted by atomic mass is 16.5. The number of hydrogen-bond acceptors (Lipinski definition) is 5. The van der Waals surface area contributed by atoms with Gasteiger partial charge in [-0.3, -0.25) is 4.79 Å². The lowest BCUT2D eigenvalue weighted by Gasteiger charge is -2.12. The van der Waals surface area contributed by atoms with Gasteiger partial charge in [-0.25, -0.2) is 4.79 Å². The minimum Gasteiger partial charge on any atom is -0.493 e. The molecule has 132 valence electrons. The Morgan fingerprint density at radius 3 is 2.44 bits per heavy atom. The van der Waals surface area contributed by atoms with Gasteiger partial charge in [0.05, 0.1) is 19.3 Å². The van der Waals surface area contributed by atoms with E-state index >= 15 is 0 Å². The molecule has 0 bridgehead atoms. The molecule has 0 atom stereocenters. The molecule has 0 fully saturated rings. The molecule has 0 spiro atoms. The molecule has 0 aliphatic rings. The van der Waals surface area contributed by atoms with Crippen LogP contribution in [0.3, 0.4) is 0 Å². The number of rotatable bonds is 7. The third-order valence-corrected chi connectivity index (χ3v) is 3.44. The molecule has 6 heteroatoms. The van der Waals surface area contributed by atoms with Gasteiger partial charge in [0.25, 0.3) is 5.91 Å². The number of ether oxygens (including phenoxy) is 3. The Hall–Kier alpha value is -3.02. The SMILES string of the molecule is CCOC(=O)c1ccc(NC(=O)COc2ccccc2OC)c(C)c1. The van der Waals surface area contributed by atoms with Crippen molar-refractivity contribution in [2.75, 3.05) is 25.6 Å². The van der Waals surface area contributed by atoms with Crippen LogP contribution in [-0.4, -0.2) is 32.2 Å². The van der Waals surface area contributed by atoms with Gasteiger partial charge in [-0.1, -0.05) is 12.1 Å². The second kappa shape index (κ2) is 8.73. The standard InChI is InChI=1S/C19H21NO5/c1-4-24-19(22)14-9-10-15(13(2)11-14)20-18(21)12-25-17-8-6-5-7-16(17)23-3/h5-11H,4,12H2,1-3H3,(H,20,21). The molecule has 0 aromatic heterocycles. The first kappa shape index (κ1) is 18.3. The van der Waals surface area contributed by atoms with E-state index in [9.17, 15) is 9.59 Å². The largest absolute Gasteiger partial charge is 0.493 e. The summed E-state index contributed by atoms with van der Waals surface area (Å²) in [5, 5.41) is 2.76. The van der Waals surface area contributed by atoms with Crippen LogP contribution in [0.5, 0.6) is 11.5 Å². The Morgan fingerprint density at radius 1 is 1.08 bits per heavy atom. The van der Waals surface area contributed by atoms with Crippen LogP contribution in [0.4, 0.5) is 5.69 Å². The van der Waals surface area contributed by atoms with Crippen molar-refractivity contribution in [3.05, 3.63) is 53.6 Å². The van der Waals surface area contributed by atoms with E-state index in [-0.39, 0.29) is 18.5 Å². The fraction of sp³-hybridized carbons (Fsp3) is 0.263. The maximum atomic E-state index is 12.1. The molecule has 6 nitrogen and oxygen atoms in total. The van der Waals surface area contributed by atoms with Crippen molar-refractivity contribution in [2.45, 2.75) is 13.8 Å². The molecule has 2 rings (SSSR count). The van der Waals surface area contributed by atoms with Gasteiger partial charge in [0.2, 0.25) is 0 Å². The minimum atomic E-state index is -0.386. The molecular formula is C19H21NO5. The Kier molecular flexibility index (Phi) is 6.39. The smallest absolute Gasteiger partial charge is 0.338 e. The van der Waals surface area contributed by atoms with Crippen molar-refractivity contribution in [3.8, 4) is 11.5 Å². The van der Waals surface area contributed by atoms with E-state index in [1.165, 1.54) is 7.11 Å². The summed E-state index contributed by atoms with van der Waals surface area (Å²) in [5.74, 6) is 0.362. The summed E-state index contributed by atoms with van der Waals surface area (Å²) in [6.45, 7) is 3.72. The average molecular weight is 343 g/mol. The average Bonchev–Trinajstić information content (AvgIpc) is 2.62. The highest BCUT2D eigenvalue weighted by Gasteiger charge is 2.11. The van der Waals surface area contributed by atoms with Crippen LogP contribution in [0, 0.1) is 6.92 Å². The molecule has 0 saturated heterocycles. The van der Waals surface area contributed by atoms with Gasteiger partial charge in [0.1, 0.15) is 0 Å². The second-order valence-corrected chi connectivity index (χ2v) is 5.24. The van der Waals surface area contributed by atoms with E-state index in [1.807, 2.05) is 6.07 Å². The Bertz CT molecular complexity index is 757. The lowest BCUT2D eigenvalue weighted by Crippen LogP contribution is -2.21. The lowest BCUT2D eigenvalue weighted by atomic mass is 10.1. The summed E-state index contributed by atoms with van der Waals surface area (Å²) in [6, 6.07) is 12.1. The molecule has 1 amide bonds. The minimum absolute atomic E-state index is 0.153. The van der Waals surface area contributed by atoms with Crippen LogP contribution in [0.25, 0.3) is 0 Å². The van der Waals surface area contributed by atoms with Crippen molar-refractivity contribution in [3.63, 3.8) is 0 Å². The molecular weight excluding hydrogens is 322 g/mol. The first-order valence-corrected chi connectivity index (χ1v) is 7.88. The fourth-order valence-corrected chi connectivity index (χ4v) is 2.21. The quantitative estimate of drug-likeness (QED) is 0.782. The fourth-order valence-electron chi connectivity index (χ4n) is 2.21. The summed E-state index contributed by atoms with van der Waals surface area (Å²) in [5.41, 5.74) is 1.82. The number of aryl methyl sites for hydroxylation is 1. The maximum absolute atomic E-state index is 12.1. The summed E-state index contributed by atoms with van der Waals surface area (Å²) in [7, 11) is 1.54. The van der Waals surface area contributed by atoms with Crippen molar-refractivity contribution >= 4 is 17.6 Å². The van der Waals surface area contributed by atoms with Gasteiger partial charge in [-0.2, -0.15) is 0 Å². The van der Waals surface area contributed by atoms with Gasteiger partial charge in [0.15, 0.2) is 18.1 Å². The molecule has 0 radical (unpaired) electrons. The maximum Gasteiger partial charge on any atom is 0.338 e. The molecule has 0 heterocycles. The number of para-hydroxylation sites is 2. The summed E-state index contributed by atoms with van der Waals surface area (Å²) < 4.78 is 15.6. The topological polar surface area (TPSA) is 73.9 Å². The highest BCUT2D eigenvalue weighted by molar-refractivity contribution is 5.94. The second-order valence-electron chi connectivity index (χ2n) is 5.24. The number of anilines is 1. The monoisotopic (exact) mass is 343 g/mol. The number of benzene rings is 2.